The Morgan fingerprint density at radius 2 is 2.15 bits per heavy atom. The van der Waals surface area contributed by atoms with Crippen LogP contribution in [0.5, 0.6) is 0 Å². The third kappa shape index (κ3) is 2.86. The van der Waals surface area contributed by atoms with Crippen LogP contribution in [0, 0.1) is 5.92 Å². The monoisotopic (exact) mass is 273 g/mol. The first-order valence-corrected chi connectivity index (χ1v) is 7.64. The van der Waals surface area contributed by atoms with Crippen LogP contribution in [-0.2, 0) is 6.54 Å². The summed E-state index contributed by atoms with van der Waals surface area (Å²) in [5.41, 5.74) is 2.39. The number of rotatable bonds is 4. The molecule has 0 amide bonds. The maximum atomic E-state index is 9.56. The zero-order valence-electron chi connectivity index (χ0n) is 11.8. The number of pyridine rings is 1. The molecule has 2 N–H and O–H groups in total. The van der Waals surface area contributed by atoms with E-state index in [0.717, 1.165) is 18.5 Å². The molecule has 0 radical (unpaired) electrons. The van der Waals surface area contributed by atoms with E-state index in [2.05, 4.69) is 16.5 Å². The van der Waals surface area contributed by atoms with Gasteiger partial charge >= 0.3 is 0 Å². The molecule has 4 heteroatoms. The normalized spacial score (nSPS) is 23.9. The average molecular weight is 273 g/mol. The van der Waals surface area contributed by atoms with Gasteiger partial charge in [0.15, 0.2) is 0 Å². The second kappa shape index (κ2) is 6.37. The predicted octanol–water partition coefficient (Wildman–Crippen LogP) is 2.37. The molecule has 4 nitrogen and oxygen atoms in total. The van der Waals surface area contributed by atoms with Gasteiger partial charge < -0.3 is 10.4 Å². The van der Waals surface area contributed by atoms with Gasteiger partial charge in [0.2, 0.25) is 0 Å². The Morgan fingerprint density at radius 3 is 3.05 bits per heavy atom. The first-order valence-electron chi connectivity index (χ1n) is 7.64. The second-order valence-electron chi connectivity index (χ2n) is 5.77. The zero-order valence-corrected chi connectivity index (χ0v) is 11.8. The van der Waals surface area contributed by atoms with Gasteiger partial charge in [-0.3, -0.25) is 0 Å². The minimum atomic E-state index is 0.298. The predicted molar refractivity (Wildman–Crippen MR) is 79.5 cm³/mol. The third-order valence-corrected chi connectivity index (χ3v) is 4.45. The van der Waals surface area contributed by atoms with Gasteiger partial charge in [-0.2, -0.15) is 5.10 Å². The molecule has 2 heterocycles. The molecule has 0 spiro atoms. The topological polar surface area (TPSA) is 49.6 Å². The first-order chi connectivity index (χ1) is 9.88. The van der Waals surface area contributed by atoms with Crippen molar-refractivity contribution in [3.05, 3.63) is 36.2 Å². The van der Waals surface area contributed by atoms with Crippen LogP contribution in [0.25, 0.3) is 5.52 Å². The lowest BCUT2D eigenvalue weighted by atomic mass is 9.95. The van der Waals surface area contributed by atoms with Crippen molar-refractivity contribution in [3.63, 3.8) is 0 Å². The molecule has 0 aromatic carbocycles. The van der Waals surface area contributed by atoms with Crippen molar-refractivity contribution < 1.29 is 5.11 Å². The lowest BCUT2D eigenvalue weighted by Crippen LogP contribution is -2.36. The summed E-state index contributed by atoms with van der Waals surface area (Å²) in [5, 5.41) is 17.6. The quantitative estimate of drug-likeness (QED) is 0.841. The highest BCUT2D eigenvalue weighted by molar-refractivity contribution is 5.53. The lowest BCUT2D eigenvalue weighted by Gasteiger charge is -2.24. The molecule has 0 aliphatic heterocycles. The number of aliphatic hydroxyl groups excluding tert-OH is 1. The molecular weight excluding hydrogens is 250 g/mol. The van der Waals surface area contributed by atoms with Gasteiger partial charge in [-0.1, -0.05) is 25.3 Å². The van der Waals surface area contributed by atoms with Crippen molar-refractivity contribution in [2.24, 2.45) is 5.92 Å². The van der Waals surface area contributed by atoms with E-state index >= 15 is 0 Å². The second-order valence-corrected chi connectivity index (χ2v) is 5.77. The zero-order chi connectivity index (χ0) is 13.8. The number of fused-ring (bicyclic) bond motifs is 1. The molecule has 1 fully saturated rings. The van der Waals surface area contributed by atoms with E-state index in [0.29, 0.717) is 18.6 Å². The Kier molecular flexibility index (Phi) is 4.33. The van der Waals surface area contributed by atoms with E-state index in [-0.39, 0.29) is 0 Å². The minimum absolute atomic E-state index is 0.298. The highest BCUT2D eigenvalue weighted by Gasteiger charge is 2.22. The van der Waals surface area contributed by atoms with E-state index in [1.54, 1.807) is 0 Å². The average Bonchev–Trinajstić information content (AvgIpc) is 2.76. The fraction of sp³-hybridized carbons (Fsp3) is 0.562. The maximum absolute atomic E-state index is 9.56. The molecule has 0 bridgehead atoms. The van der Waals surface area contributed by atoms with Crippen LogP contribution in [0.2, 0.25) is 0 Å². The largest absolute Gasteiger partial charge is 0.396 e. The highest BCUT2D eigenvalue weighted by atomic mass is 16.3. The summed E-state index contributed by atoms with van der Waals surface area (Å²) in [7, 11) is 0. The van der Waals surface area contributed by atoms with E-state index < -0.39 is 0 Å². The number of nitrogens with one attached hydrogen (secondary N) is 1. The van der Waals surface area contributed by atoms with Gasteiger partial charge in [0.05, 0.1) is 11.7 Å². The number of aliphatic hydroxyl groups is 1. The Balaban J connectivity index is 1.68. The molecule has 2 unspecified atom stereocenters. The molecule has 2 aromatic heterocycles. The number of aromatic nitrogens is 2. The summed E-state index contributed by atoms with van der Waals surface area (Å²) in [5.74, 6) is 0.402. The van der Waals surface area contributed by atoms with E-state index in [1.165, 1.54) is 31.2 Å². The van der Waals surface area contributed by atoms with Crippen LogP contribution in [0.3, 0.4) is 0 Å². The van der Waals surface area contributed by atoms with Gasteiger partial charge in [-0.15, -0.1) is 0 Å². The Morgan fingerprint density at radius 1 is 1.25 bits per heavy atom. The minimum Gasteiger partial charge on any atom is -0.396 e. The summed E-state index contributed by atoms with van der Waals surface area (Å²) in [6.07, 6.45) is 10.0. The molecule has 108 valence electrons. The highest BCUT2D eigenvalue weighted by Crippen LogP contribution is 2.23. The Labute approximate surface area is 119 Å². The Bertz CT molecular complexity index is 551. The number of nitrogens with zero attached hydrogens (tertiary/aromatic N) is 2. The van der Waals surface area contributed by atoms with Gasteiger partial charge in [-0.25, -0.2) is 4.52 Å². The fourth-order valence-corrected chi connectivity index (χ4v) is 3.24. The van der Waals surface area contributed by atoms with Crippen molar-refractivity contribution in [1.82, 2.24) is 14.9 Å². The molecule has 1 saturated carbocycles. The molecule has 1 aliphatic rings. The van der Waals surface area contributed by atoms with Gasteiger partial charge in [0, 0.05) is 31.0 Å². The summed E-state index contributed by atoms with van der Waals surface area (Å²) in [4.78, 5) is 0. The van der Waals surface area contributed by atoms with Crippen molar-refractivity contribution in [2.45, 2.75) is 44.7 Å². The first kappa shape index (κ1) is 13.6. The number of hydrogen-bond acceptors (Lipinski definition) is 3. The van der Waals surface area contributed by atoms with Crippen molar-refractivity contribution in [2.75, 3.05) is 6.61 Å². The van der Waals surface area contributed by atoms with E-state index in [1.807, 2.05) is 29.0 Å². The SMILES string of the molecule is OCC1CCCCCC1NCc1cnn2ccccc12. The van der Waals surface area contributed by atoms with Gasteiger partial charge in [0.25, 0.3) is 0 Å². The van der Waals surface area contributed by atoms with Gasteiger partial charge in [0.1, 0.15) is 0 Å². The smallest absolute Gasteiger partial charge is 0.0706 e. The van der Waals surface area contributed by atoms with Gasteiger partial charge in [-0.05, 0) is 30.9 Å². The molecule has 2 atom stereocenters. The van der Waals surface area contributed by atoms with Crippen LogP contribution in [0.1, 0.15) is 37.7 Å². The summed E-state index contributed by atoms with van der Waals surface area (Å²) in [6.45, 7) is 1.13. The van der Waals surface area contributed by atoms with Crippen molar-refractivity contribution >= 4 is 5.52 Å². The standard InChI is InChI=1S/C16H23N3O/c20-12-13-6-2-1-3-7-15(13)17-10-14-11-18-19-9-5-4-8-16(14)19/h4-5,8-9,11,13,15,17,20H,1-3,6-7,10,12H2. The molecule has 3 rings (SSSR count). The lowest BCUT2D eigenvalue weighted by molar-refractivity contribution is 0.181. The molecule has 2 aromatic rings. The fourth-order valence-electron chi connectivity index (χ4n) is 3.24. The van der Waals surface area contributed by atoms with Crippen LogP contribution >= 0.6 is 0 Å². The molecule has 0 saturated heterocycles. The van der Waals surface area contributed by atoms with Crippen LogP contribution in [-0.4, -0.2) is 27.4 Å². The maximum Gasteiger partial charge on any atom is 0.0706 e. The van der Waals surface area contributed by atoms with Crippen molar-refractivity contribution in [3.8, 4) is 0 Å². The molecular formula is C16H23N3O. The van der Waals surface area contributed by atoms with Crippen LogP contribution in [0.15, 0.2) is 30.6 Å². The third-order valence-electron chi connectivity index (χ3n) is 4.45. The molecule has 1 aliphatic carbocycles. The summed E-state index contributed by atoms with van der Waals surface area (Å²) >= 11 is 0. The summed E-state index contributed by atoms with van der Waals surface area (Å²) < 4.78 is 1.91. The van der Waals surface area contributed by atoms with E-state index in [4.69, 9.17) is 0 Å². The van der Waals surface area contributed by atoms with E-state index in [9.17, 15) is 5.11 Å². The van der Waals surface area contributed by atoms with Crippen LogP contribution in [0.4, 0.5) is 0 Å². The number of hydrogen-bond donors (Lipinski definition) is 2. The van der Waals surface area contributed by atoms with Crippen molar-refractivity contribution in [1.29, 1.82) is 0 Å². The van der Waals surface area contributed by atoms with Crippen LogP contribution < -0.4 is 5.32 Å². The Hall–Kier alpha value is -1.39. The summed E-state index contributed by atoms with van der Waals surface area (Å²) in [6, 6.07) is 6.56. The molecule has 20 heavy (non-hydrogen) atoms.